The topological polar surface area (TPSA) is 29.5 Å². The fraction of sp³-hybridized carbons (Fsp3) is 0.188. The standard InChI is InChI=1S/C16H13Cl2NO2/c1-21-11-7-5-10-6-8-15(20)19(14(10)9-11)16-12(17)3-2-4-13(16)18/h2-5,7,9H,6,8H2,1H3. The molecule has 0 spiro atoms. The van der Waals surface area contributed by atoms with Crippen LogP contribution in [0.5, 0.6) is 5.75 Å². The molecule has 2 aromatic carbocycles. The fourth-order valence-electron chi connectivity index (χ4n) is 2.53. The quantitative estimate of drug-likeness (QED) is 0.808. The minimum Gasteiger partial charge on any atom is -0.497 e. The van der Waals surface area contributed by atoms with Gasteiger partial charge in [-0.2, -0.15) is 0 Å². The number of carbonyl (C=O) groups excluding carboxylic acids is 1. The van der Waals surface area contributed by atoms with E-state index in [2.05, 4.69) is 0 Å². The zero-order valence-electron chi connectivity index (χ0n) is 11.4. The molecule has 0 radical (unpaired) electrons. The summed E-state index contributed by atoms with van der Waals surface area (Å²) >= 11 is 12.5. The van der Waals surface area contributed by atoms with E-state index in [1.54, 1.807) is 30.2 Å². The Labute approximate surface area is 133 Å². The molecule has 0 atom stereocenters. The highest BCUT2D eigenvalue weighted by Gasteiger charge is 2.29. The first-order chi connectivity index (χ1) is 10.1. The van der Waals surface area contributed by atoms with Crippen LogP contribution in [0.25, 0.3) is 0 Å². The number of ether oxygens (including phenoxy) is 1. The summed E-state index contributed by atoms with van der Waals surface area (Å²) in [5, 5.41) is 0.901. The molecule has 0 saturated heterocycles. The number of rotatable bonds is 2. The first kappa shape index (κ1) is 14.2. The van der Waals surface area contributed by atoms with Gasteiger partial charge in [-0.3, -0.25) is 9.69 Å². The molecule has 1 amide bonds. The van der Waals surface area contributed by atoms with E-state index in [-0.39, 0.29) is 5.91 Å². The normalized spacial score (nSPS) is 14.0. The summed E-state index contributed by atoms with van der Waals surface area (Å²) < 4.78 is 5.26. The molecule has 0 saturated carbocycles. The highest BCUT2D eigenvalue weighted by atomic mass is 35.5. The number of anilines is 2. The van der Waals surface area contributed by atoms with E-state index in [0.717, 1.165) is 11.3 Å². The molecule has 0 N–H and O–H groups in total. The van der Waals surface area contributed by atoms with Crippen molar-refractivity contribution in [1.82, 2.24) is 0 Å². The molecule has 0 fully saturated rings. The van der Waals surface area contributed by atoms with Gasteiger partial charge in [0.2, 0.25) is 5.91 Å². The third-order valence-electron chi connectivity index (χ3n) is 3.55. The minimum absolute atomic E-state index is 0.0225. The summed E-state index contributed by atoms with van der Waals surface area (Å²) in [6.07, 6.45) is 1.14. The van der Waals surface area contributed by atoms with Crippen molar-refractivity contribution in [2.24, 2.45) is 0 Å². The van der Waals surface area contributed by atoms with Crippen molar-refractivity contribution >= 4 is 40.5 Å². The lowest BCUT2D eigenvalue weighted by atomic mass is 10.00. The van der Waals surface area contributed by atoms with E-state index in [9.17, 15) is 4.79 Å². The lowest BCUT2D eigenvalue weighted by Gasteiger charge is -2.31. The number of para-hydroxylation sites is 1. The van der Waals surface area contributed by atoms with Gasteiger partial charge in [-0.25, -0.2) is 0 Å². The Bertz CT molecular complexity index is 695. The molecule has 21 heavy (non-hydrogen) atoms. The van der Waals surface area contributed by atoms with Crippen LogP contribution in [0.2, 0.25) is 10.0 Å². The summed E-state index contributed by atoms with van der Waals surface area (Å²) in [4.78, 5) is 14.0. The molecular formula is C16H13Cl2NO2. The predicted octanol–water partition coefficient (Wildman–Crippen LogP) is 4.61. The second kappa shape index (κ2) is 5.58. The molecule has 1 aliphatic heterocycles. The monoisotopic (exact) mass is 321 g/mol. The Hall–Kier alpha value is -1.71. The largest absolute Gasteiger partial charge is 0.497 e. The number of hydrogen-bond donors (Lipinski definition) is 0. The van der Waals surface area contributed by atoms with Gasteiger partial charge < -0.3 is 4.74 Å². The lowest BCUT2D eigenvalue weighted by Crippen LogP contribution is -2.31. The fourth-order valence-corrected chi connectivity index (χ4v) is 3.09. The molecule has 0 bridgehead atoms. The van der Waals surface area contributed by atoms with Crippen LogP contribution in [0, 0.1) is 0 Å². The van der Waals surface area contributed by atoms with Crippen LogP contribution in [-0.4, -0.2) is 13.0 Å². The van der Waals surface area contributed by atoms with E-state index in [4.69, 9.17) is 27.9 Å². The average molecular weight is 322 g/mol. The highest BCUT2D eigenvalue weighted by molar-refractivity contribution is 6.40. The van der Waals surface area contributed by atoms with E-state index >= 15 is 0 Å². The molecule has 1 aliphatic rings. The number of methoxy groups -OCH3 is 1. The van der Waals surface area contributed by atoms with Crippen molar-refractivity contribution in [1.29, 1.82) is 0 Å². The van der Waals surface area contributed by atoms with Gasteiger partial charge >= 0.3 is 0 Å². The van der Waals surface area contributed by atoms with Crippen LogP contribution in [-0.2, 0) is 11.2 Å². The Kier molecular flexibility index (Phi) is 3.79. The summed E-state index contributed by atoms with van der Waals surface area (Å²) in [7, 11) is 1.60. The summed E-state index contributed by atoms with van der Waals surface area (Å²) in [6, 6.07) is 10.9. The number of amides is 1. The molecule has 3 rings (SSSR count). The van der Waals surface area contributed by atoms with Gasteiger partial charge in [-0.05, 0) is 30.2 Å². The average Bonchev–Trinajstić information content (AvgIpc) is 2.48. The molecule has 5 heteroatoms. The third kappa shape index (κ3) is 2.47. The summed E-state index contributed by atoms with van der Waals surface area (Å²) in [6.45, 7) is 0. The Morgan fingerprint density at radius 1 is 1.10 bits per heavy atom. The molecule has 0 unspecified atom stereocenters. The maximum Gasteiger partial charge on any atom is 0.231 e. The van der Waals surface area contributed by atoms with Crippen LogP contribution in [0.3, 0.4) is 0 Å². The Balaban J connectivity index is 2.21. The van der Waals surface area contributed by atoms with Gasteiger partial charge in [-0.1, -0.05) is 35.3 Å². The van der Waals surface area contributed by atoms with Gasteiger partial charge in [-0.15, -0.1) is 0 Å². The summed E-state index contributed by atoms with van der Waals surface area (Å²) in [5.41, 5.74) is 2.38. The molecule has 0 aliphatic carbocycles. The van der Waals surface area contributed by atoms with Crippen molar-refractivity contribution in [3.05, 3.63) is 52.0 Å². The van der Waals surface area contributed by atoms with Crippen LogP contribution in [0.1, 0.15) is 12.0 Å². The van der Waals surface area contributed by atoms with E-state index < -0.39 is 0 Å². The van der Waals surface area contributed by atoms with E-state index in [1.807, 2.05) is 18.2 Å². The Morgan fingerprint density at radius 2 is 1.81 bits per heavy atom. The Morgan fingerprint density at radius 3 is 2.48 bits per heavy atom. The third-order valence-corrected chi connectivity index (χ3v) is 4.16. The van der Waals surface area contributed by atoms with Gasteiger partial charge in [0, 0.05) is 12.5 Å². The molecular weight excluding hydrogens is 309 g/mol. The van der Waals surface area contributed by atoms with Crippen molar-refractivity contribution in [3.63, 3.8) is 0 Å². The van der Waals surface area contributed by atoms with Crippen LogP contribution in [0.15, 0.2) is 36.4 Å². The SMILES string of the molecule is COc1ccc2c(c1)N(c1c(Cl)cccc1Cl)C(=O)CC2. The van der Waals surface area contributed by atoms with Crippen LogP contribution in [0.4, 0.5) is 11.4 Å². The second-order valence-electron chi connectivity index (χ2n) is 4.79. The first-order valence-electron chi connectivity index (χ1n) is 6.55. The van der Waals surface area contributed by atoms with Crippen molar-refractivity contribution in [2.45, 2.75) is 12.8 Å². The maximum absolute atomic E-state index is 12.4. The zero-order chi connectivity index (χ0) is 15.0. The first-order valence-corrected chi connectivity index (χ1v) is 7.31. The number of carbonyl (C=O) groups is 1. The lowest BCUT2D eigenvalue weighted by molar-refractivity contribution is -0.118. The van der Waals surface area contributed by atoms with Crippen molar-refractivity contribution in [3.8, 4) is 5.75 Å². The van der Waals surface area contributed by atoms with E-state index in [1.165, 1.54) is 0 Å². The van der Waals surface area contributed by atoms with Crippen LogP contribution < -0.4 is 9.64 Å². The zero-order valence-corrected chi connectivity index (χ0v) is 12.9. The molecule has 0 aromatic heterocycles. The summed E-state index contributed by atoms with van der Waals surface area (Å²) in [5.74, 6) is 0.669. The minimum atomic E-state index is -0.0225. The molecule has 3 nitrogen and oxygen atoms in total. The number of nitrogens with zero attached hydrogens (tertiary/aromatic N) is 1. The van der Waals surface area contributed by atoms with Crippen LogP contribution >= 0.6 is 23.2 Å². The maximum atomic E-state index is 12.4. The van der Waals surface area contributed by atoms with Gasteiger partial charge in [0.15, 0.2) is 0 Å². The number of benzene rings is 2. The molecule has 2 aromatic rings. The van der Waals surface area contributed by atoms with Crippen molar-refractivity contribution in [2.75, 3.05) is 12.0 Å². The number of hydrogen-bond acceptors (Lipinski definition) is 2. The molecule has 108 valence electrons. The smallest absolute Gasteiger partial charge is 0.231 e. The number of fused-ring (bicyclic) bond motifs is 1. The number of aryl methyl sites for hydroxylation is 1. The van der Waals surface area contributed by atoms with Gasteiger partial charge in [0.1, 0.15) is 5.75 Å². The predicted molar refractivity (Wildman–Crippen MR) is 84.9 cm³/mol. The van der Waals surface area contributed by atoms with E-state index in [0.29, 0.717) is 34.3 Å². The highest BCUT2D eigenvalue weighted by Crippen LogP contribution is 2.42. The van der Waals surface area contributed by atoms with Gasteiger partial charge in [0.25, 0.3) is 0 Å². The van der Waals surface area contributed by atoms with Gasteiger partial charge in [0.05, 0.1) is 28.5 Å². The van der Waals surface area contributed by atoms with Crippen molar-refractivity contribution < 1.29 is 9.53 Å². The molecule has 1 heterocycles. The number of halogens is 2. The second-order valence-corrected chi connectivity index (χ2v) is 5.61.